The second kappa shape index (κ2) is 7.91. The summed E-state index contributed by atoms with van der Waals surface area (Å²) in [6.07, 6.45) is 0.330. The predicted molar refractivity (Wildman–Crippen MR) is 79.4 cm³/mol. The van der Waals surface area contributed by atoms with Crippen LogP contribution in [0.5, 0.6) is 0 Å². The Kier molecular flexibility index (Phi) is 5.91. The number of carbonyl (C=O) groups is 2. The zero-order valence-electron chi connectivity index (χ0n) is 12.7. The van der Waals surface area contributed by atoms with Gasteiger partial charge in [-0.05, 0) is 18.1 Å². The van der Waals surface area contributed by atoms with E-state index in [9.17, 15) is 14.7 Å². The predicted octanol–water partition coefficient (Wildman–Crippen LogP) is 1.08. The Hall–Kier alpha value is -1.92. The largest absolute Gasteiger partial charge is 0.480 e. The van der Waals surface area contributed by atoms with Crippen LogP contribution in [0.3, 0.4) is 0 Å². The van der Waals surface area contributed by atoms with E-state index in [2.05, 4.69) is 0 Å². The van der Waals surface area contributed by atoms with E-state index in [1.807, 2.05) is 31.2 Å². The van der Waals surface area contributed by atoms with Gasteiger partial charge in [-0.3, -0.25) is 4.79 Å². The second-order valence-corrected chi connectivity index (χ2v) is 5.10. The molecular formula is C16H21NO5. The van der Waals surface area contributed by atoms with Crippen LogP contribution in [0.2, 0.25) is 0 Å². The van der Waals surface area contributed by atoms with Crippen LogP contribution in [0.15, 0.2) is 24.3 Å². The summed E-state index contributed by atoms with van der Waals surface area (Å²) in [4.78, 5) is 25.1. The van der Waals surface area contributed by atoms with E-state index in [0.717, 1.165) is 11.1 Å². The molecule has 1 unspecified atom stereocenters. The molecule has 0 saturated carbocycles. The summed E-state index contributed by atoms with van der Waals surface area (Å²) in [5.41, 5.74) is 1.97. The highest BCUT2D eigenvalue weighted by Gasteiger charge is 2.34. The van der Waals surface area contributed by atoms with Crippen LogP contribution in [0.1, 0.15) is 18.1 Å². The molecule has 6 heteroatoms. The molecule has 1 heterocycles. The maximum Gasteiger partial charge on any atom is 0.326 e. The highest BCUT2D eigenvalue weighted by molar-refractivity contribution is 5.85. The standard InChI is InChI=1S/C16H21NO5/c1-2-21-7-8-22-11-15(18)17-10-13-6-4-3-5-12(13)9-14(17)16(19)20/h3-6,14H,2,7-11H2,1H3,(H,19,20). The summed E-state index contributed by atoms with van der Waals surface area (Å²) in [6, 6.07) is 6.76. The molecule has 1 amide bonds. The fraction of sp³-hybridized carbons (Fsp3) is 0.500. The first kappa shape index (κ1) is 16.5. The zero-order valence-corrected chi connectivity index (χ0v) is 12.7. The smallest absolute Gasteiger partial charge is 0.326 e. The Morgan fingerprint density at radius 3 is 2.59 bits per heavy atom. The van der Waals surface area contributed by atoms with Gasteiger partial charge in [0.25, 0.3) is 0 Å². The van der Waals surface area contributed by atoms with E-state index in [1.54, 1.807) is 0 Å². The molecule has 0 radical (unpaired) electrons. The van der Waals surface area contributed by atoms with Gasteiger partial charge in [-0.15, -0.1) is 0 Å². The minimum atomic E-state index is -0.989. The maximum atomic E-state index is 12.3. The monoisotopic (exact) mass is 307 g/mol. The molecule has 1 N–H and O–H groups in total. The SMILES string of the molecule is CCOCCOCC(=O)N1Cc2ccccc2CC1C(=O)O. The number of nitrogens with zero attached hydrogens (tertiary/aromatic N) is 1. The van der Waals surface area contributed by atoms with Crippen LogP contribution in [0.25, 0.3) is 0 Å². The molecule has 2 rings (SSSR count). The van der Waals surface area contributed by atoms with E-state index < -0.39 is 12.0 Å². The van der Waals surface area contributed by atoms with Crippen molar-refractivity contribution in [1.29, 1.82) is 0 Å². The van der Waals surface area contributed by atoms with Gasteiger partial charge in [-0.25, -0.2) is 4.79 Å². The topological polar surface area (TPSA) is 76.1 Å². The number of amides is 1. The van der Waals surface area contributed by atoms with Crippen molar-refractivity contribution in [2.45, 2.75) is 25.9 Å². The lowest BCUT2D eigenvalue weighted by Gasteiger charge is -2.34. The first-order chi connectivity index (χ1) is 10.6. The van der Waals surface area contributed by atoms with Crippen molar-refractivity contribution in [2.24, 2.45) is 0 Å². The van der Waals surface area contributed by atoms with Crippen LogP contribution in [0.4, 0.5) is 0 Å². The van der Waals surface area contributed by atoms with E-state index in [-0.39, 0.29) is 12.5 Å². The van der Waals surface area contributed by atoms with Gasteiger partial charge in [0.1, 0.15) is 12.6 Å². The molecule has 0 fully saturated rings. The van der Waals surface area contributed by atoms with Crippen molar-refractivity contribution in [1.82, 2.24) is 4.90 Å². The summed E-state index contributed by atoms with van der Waals surface area (Å²) in [5, 5.41) is 9.37. The Bertz CT molecular complexity index is 531. The lowest BCUT2D eigenvalue weighted by Crippen LogP contribution is -2.49. The van der Waals surface area contributed by atoms with Crippen LogP contribution in [-0.2, 0) is 32.0 Å². The summed E-state index contributed by atoms with van der Waals surface area (Å²) in [5.74, 6) is -1.30. The van der Waals surface area contributed by atoms with E-state index in [4.69, 9.17) is 9.47 Å². The lowest BCUT2D eigenvalue weighted by molar-refractivity contribution is -0.153. The average molecular weight is 307 g/mol. The van der Waals surface area contributed by atoms with E-state index >= 15 is 0 Å². The highest BCUT2D eigenvalue weighted by Crippen LogP contribution is 2.23. The normalized spacial score (nSPS) is 17.1. The number of fused-ring (bicyclic) bond motifs is 1. The van der Waals surface area contributed by atoms with Gasteiger partial charge in [0.15, 0.2) is 0 Å². The van der Waals surface area contributed by atoms with Crippen LogP contribution < -0.4 is 0 Å². The van der Waals surface area contributed by atoms with E-state index in [1.165, 1.54) is 4.90 Å². The molecule has 0 aliphatic carbocycles. The van der Waals surface area contributed by atoms with Gasteiger partial charge in [0.2, 0.25) is 5.91 Å². The third kappa shape index (κ3) is 4.05. The zero-order chi connectivity index (χ0) is 15.9. The van der Waals surface area contributed by atoms with E-state index in [0.29, 0.717) is 32.8 Å². The van der Waals surface area contributed by atoms with Gasteiger partial charge in [-0.2, -0.15) is 0 Å². The van der Waals surface area contributed by atoms with Crippen molar-refractivity contribution < 1.29 is 24.2 Å². The van der Waals surface area contributed by atoms with Gasteiger partial charge in [0.05, 0.1) is 13.2 Å². The summed E-state index contributed by atoms with van der Waals surface area (Å²) >= 11 is 0. The molecule has 0 bridgehead atoms. The molecular weight excluding hydrogens is 286 g/mol. The Labute approximate surface area is 129 Å². The maximum absolute atomic E-state index is 12.3. The first-order valence-electron chi connectivity index (χ1n) is 7.38. The number of aliphatic carboxylic acids is 1. The molecule has 1 aliphatic heterocycles. The lowest BCUT2D eigenvalue weighted by atomic mass is 9.94. The van der Waals surface area contributed by atoms with Crippen molar-refractivity contribution in [2.75, 3.05) is 26.4 Å². The number of carboxylic acid groups (broad SMARTS) is 1. The molecule has 22 heavy (non-hydrogen) atoms. The molecule has 1 atom stereocenters. The Morgan fingerprint density at radius 1 is 1.23 bits per heavy atom. The van der Waals surface area contributed by atoms with Crippen molar-refractivity contribution in [3.05, 3.63) is 35.4 Å². The summed E-state index contributed by atoms with van der Waals surface area (Å²) in [6.45, 7) is 3.41. The number of ether oxygens (including phenoxy) is 2. The summed E-state index contributed by atoms with van der Waals surface area (Å²) < 4.78 is 10.4. The second-order valence-electron chi connectivity index (χ2n) is 5.10. The minimum Gasteiger partial charge on any atom is -0.480 e. The van der Waals surface area contributed by atoms with Crippen LogP contribution >= 0.6 is 0 Å². The van der Waals surface area contributed by atoms with Gasteiger partial charge < -0.3 is 19.5 Å². The number of carboxylic acids is 1. The first-order valence-corrected chi connectivity index (χ1v) is 7.38. The fourth-order valence-corrected chi connectivity index (χ4v) is 2.51. The van der Waals surface area contributed by atoms with Crippen molar-refractivity contribution >= 4 is 11.9 Å². The van der Waals surface area contributed by atoms with Crippen LogP contribution in [-0.4, -0.2) is 54.4 Å². The summed E-state index contributed by atoms with van der Waals surface area (Å²) in [7, 11) is 0. The quantitative estimate of drug-likeness (QED) is 0.763. The average Bonchev–Trinajstić information content (AvgIpc) is 2.53. The highest BCUT2D eigenvalue weighted by atomic mass is 16.5. The molecule has 0 spiro atoms. The number of benzene rings is 1. The molecule has 0 saturated heterocycles. The molecule has 1 aromatic rings. The van der Waals surface area contributed by atoms with Crippen LogP contribution in [0, 0.1) is 0 Å². The third-order valence-corrected chi connectivity index (χ3v) is 3.66. The molecule has 1 aromatic carbocycles. The number of carbonyl (C=O) groups excluding carboxylic acids is 1. The Morgan fingerprint density at radius 2 is 1.91 bits per heavy atom. The number of rotatable bonds is 7. The Balaban J connectivity index is 1.98. The third-order valence-electron chi connectivity index (χ3n) is 3.66. The fourth-order valence-electron chi connectivity index (χ4n) is 2.51. The molecule has 1 aliphatic rings. The molecule has 120 valence electrons. The molecule has 0 aromatic heterocycles. The molecule has 6 nitrogen and oxygen atoms in total. The van der Waals surface area contributed by atoms with Gasteiger partial charge in [-0.1, -0.05) is 24.3 Å². The number of hydrogen-bond acceptors (Lipinski definition) is 4. The minimum absolute atomic E-state index is 0.126. The number of hydrogen-bond donors (Lipinski definition) is 1. The van der Waals surface area contributed by atoms with Crippen molar-refractivity contribution in [3.8, 4) is 0 Å². The van der Waals surface area contributed by atoms with Gasteiger partial charge >= 0.3 is 5.97 Å². The van der Waals surface area contributed by atoms with Gasteiger partial charge in [0, 0.05) is 19.6 Å². The van der Waals surface area contributed by atoms with Crippen molar-refractivity contribution in [3.63, 3.8) is 0 Å².